The van der Waals surface area contributed by atoms with E-state index in [1.807, 2.05) is 11.5 Å². The molecule has 5 rings (SSSR count). The molecule has 2 heterocycles. The lowest BCUT2D eigenvalue weighted by Crippen LogP contribution is -2.38. The van der Waals surface area contributed by atoms with Crippen LogP contribution in [0.3, 0.4) is 0 Å². The Morgan fingerprint density at radius 2 is 1.79 bits per heavy atom. The van der Waals surface area contributed by atoms with Gasteiger partial charge in [0.1, 0.15) is 11.3 Å². The maximum atomic E-state index is 14.8. The second-order valence-corrected chi connectivity index (χ2v) is 11.4. The molecule has 2 aliphatic rings. The third-order valence-electron chi connectivity index (χ3n) is 7.75. The number of primary amides is 1. The van der Waals surface area contributed by atoms with E-state index in [0.29, 0.717) is 61.6 Å². The summed E-state index contributed by atoms with van der Waals surface area (Å²) in [5, 5.41) is 6.42. The lowest BCUT2D eigenvalue weighted by Gasteiger charge is -2.35. The molecule has 3 aromatic rings. The molecule has 204 valence electrons. The Balaban J connectivity index is 1.50. The monoisotopic (exact) mass is 569 g/mol. The number of nitrogens with two attached hydrogens (primary N) is 1. The molecule has 0 radical (unpaired) electrons. The van der Waals surface area contributed by atoms with Gasteiger partial charge in [-0.05, 0) is 50.7 Å². The molecular weight excluding hydrogens is 542 g/mol. The van der Waals surface area contributed by atoms with E-state index in [0.717, 1.165) is 6.07 Å². The average Bonchev–Trinajstić information content (AvgIpc) is 3.20. The average molecular weight is 570 g/mol. The van der Waals surface area contributed by atoms with Gasteiger partial charge in [0, 0.05) is 35.4 Å². The maximum Gasteiger partial charge on any atom is 0.248 e. The van der Waals surface area contributed by atoms with Crippen LogP contribution in [0.15, 0.2) is 18.3 Å². The minimum absolute atomic E-state index is 0.0137. The van der Waals surface area contributed by atoms with Crippen molar-refractivity contribution in [2.24, 2.45) is 11.1 Å². The quantitative estimate of drug-likeness (QED) is 0.308. The van der Waals surface area contributed by atoms with E-state index in [-0.39, 0.29) is 46.6 Å². The van der Waals surface area contributed by atoms with Crippen LogP contribution in [0.1, 0.15) is 64.3 Å². The number of anilines is 3. The number of carbonyl (C=O) groups excluding carboxylic acids is 1. The summed E-state index contributed by atoms with van der Waals surface area (Å²) in [5.74, 6) is -3.02. The number of alkyl halides is 2. The van der Waals surface area contributed by atoms with E-state index in [9.17, 15) is 18.0 Å². The van der Waals surface area contributed by atoms with Gasteiger partial charge in [-0.1, -0.05) is 30.1 Å². The van der Waals surface area contributed by atoms with Crippen molar-refractivity contribution >= 4 is 57.9 Å². The molecule has 0 aliphatic heterocycles. The van der Waals surface area contributed by atoms with Crippen molar-refractivity contribution in [1.29, 1.82) is 0 Å². The zero-order chi connectivity index (χ0) is 27.2. The zero-order valence-electron chi connectivity index (χ0n) is 20.7. The number of hydrogen-bond acceptors (Lipinski definition) is 6. The molecule has 0 unspecified atom stereocenters. The summed E-state index contributed by atoms with van der Waals surface area (Å²) in [6, 6.07) is 2.28. The third-order valence-corrected chi connectivity index (χ3v) is 8.26. The second-order valence-electron chi connectivity index (χ2n) is 10.5. The van der Waals surface area contributed by atoms with Gasteiger partial charge in [-0.25, -0.2) is 23.1 Å². The molecule has 0 saturated heterocycles. The molecule has 0 spiro atoms. The number of nitrogens with one attached hydrogen (secondary N) is 2. The van der Waals surface area contributed by atoms with Gasteiger partial charge in [0.15, 0.2) is 5.65 Å². The van der Waals surface area contributed by atoms with Gasteiger partial charge in [-0.2, -0.15) is 4.98 Å². The molecule has 2 saturated carbocycles. The SMILES string of the molecule is C[C@]1(C(N)=O)CC[C@@H](n2c(Nc3c(F)cc(Cl)cc3Cl)nc3cnc(NC4CCC(F)(F)CC4)nc32)CC1. The zero-order valence-corrected chi connectivity index (χ0v) is 22.2. The molecule has 13 heteroatoms. The summed E-state index contributed by atoms with van der Waals surface area (Å²) < 4.78 is 43.8. The topological polar surface area (TPSA) is 111 Å². The first-order chi connectivity index (χ1) is 17.9. The fourth-order valence-electron chi connectivity index (χ4n) is 5.28. The van der Waals surface area contributed by atoms with Crippen LogP contribution in [0.25, 0.3) is 11.2 Å². The van der Waals surface area contributed by atoms with Crippen molar-refractivity contribution in [2.75, 3.05) is 10.6 Å². The number of nitrogens with zero attached hydrogens (tertiary/aromatic N) is 4. The van der Waals surface area contributed by atoms with Crippen LogP contribution in [0.2, 0.25) is 10.0 Å². The van der Waals surface area contributed by atoms with E-state index in [1.165, 1.54) is 6.07 Å². The number of rotatable bonds is 6. The van der Waals surface area contributed by atoms with Crippen LogP contribution in [0.5, 0.6) is 0 Å². The highest BCUT2D eigenvalue weighted by Gasteiger charge is 2.38. The van der Waals surface area contributed by atoms with E-state index >= 15 is 0 Å². The predicted octanol–water partition coefficient (Wildman–Crippen LogP) is 6.61. The number of carbonyl (C=O) groups is 1. The van der Waals surface area contributed by atoms with Gasteiger partial charge in [0.25, 0.3) is 0 Å². The van der Waals surface area contributed by atoms with Gasteiger partial charge in [0.05, 0.1) is 16.9 Å². The van der Waals surface area contributed by atoms with Crippen LogP contribution < -0.4 is 16.4 Å². The van der Waals surface area contributed by atoms with Crippen LogP contribution in [0, 0.1) is 11.2 Å². The van der Waals surface area contributed by atoms with Crippen molar-refractivity contribution < 1.29 is 18.0 Å². The van der Waals surface area contributed by atoms with Gasteiger partial charge >= 0.3 is 0 Å². The Labute approximate surface area is 227 Å². The number of halogens is 5. The lowest BCUT2D eigenvalue weighted by atomic mass is 9.73. The summed E-state index contributed by atoms with van der Waals surface area (Å²) in [6.07, 6.45) is 4.14. The normalized spacial score (nSPS) is 23.9. The molecule has 38 heavy (non-hydrogen) atoms. The highest BCUT2D eigenvalue weighted by molar-refractivity contribution is 6.36. The van der Waals surface area contributed by atoms with Crippen molar-refractivity contribution in [3.8, 4) is 0 Å². The minimum atomic E-state index is -2.64. The molecular formula is C25H28Cl2F3N7O. The van der Waals surface area contributed by atoms with Crippen LogP contribution in [0.4, 0.5) is 30.8 Å². The van der Waals surface area contributed by atoms with E-state index in [2.05, 4.69) is 25.6 Å². The van der Waals surface area contributed by atoms with Crippen LogP contribution in [-0.2, 0) is 4.79 Å². The number of hydrogen-bond donors (Lipinski definition) is 3. The van der Waals surface area contributed by atoms with Crippen molar-refractivity contribution in [3.05, 3.63) is 34.2 Å². The molecule has 2 fully saturated rings. The molecule has 1 amide bonds. The Hall–Kier alpha value is -2.79. The number of benzene rings is 1. The second kappa shape index (κ2) is 10.1. The predicted molar refractivity (Wildman–Crippen MR) is 141 cm³/mol. The molecule has 2 aromatic heterocycles. The first kappa shape index (κ1) is 26.8. The van der Waals surface area contributed by atoms with Crippen molar-refractivity contribution in [2.45, 2.75) is 76.3 Å². The summed E-state index contributed by atoms with van der Waals surface area (Å²) >= 11 is 12.2. The Morgan fingerprint density at radius 3 is 2.42 bits per heavy atom. The maximum absolute atomic E-state index is 14.8. The lowest BCUT2D eigenvalue weighted by molar-refractivity contribution is -0.128. The molecule has 8 nitrogen and oxygen atoms in total. The summed E-state index contributed by atoms with van der Waals surface area (Å²) in [5.41, 5.74) is 6.00. The standard InChI is InChI=1S/C25H28Cl2F3N7O/c1-24(21(31)38)6-4-15(5-7-24)37-20-18(34-23(37)35-19-16(27)10-13(26)11-17(19)28)12-32-22(36-20)33-14-2-8-25(29,30)9-3-14/h10-12,14-15H,2-9H2,1H3,(H2,31,38)(H,34,35)(H,32,33,36)/t15-,24+. The van der Waals surface area contributed by atoms with Crippen LogP contribution in [-0.4, -0.2) is 37.4 Å². The highest BCUT2D eigenvalue weighted by Crippen LogP contribution is 2.43. The third kappa shape index (κ3) is 5.36. The first-order valence-electron chi connectivity index (χ1n) is 12.5. The Bertz CT molecular complexity index is 1340. The van der Waals surface area contributed by atoms with Gasteiger partial charge in [-0.3, -0.25) is 9.36 Å². The van der Waals surface area contributed by atoms with Crippen molar-refractivity contribution in [1.82, 2.24) is 19.5 Å². The Kier molecular flexibility index (Phi) is 7.10. The van der Waals surface area contributed by atoms with Gasteiger partial charge in [0.2, 0.25) is 23.7 Å². The Morgan fingerprint density at radius 1 is 1.11 bits per heavy atom. The molecule has 0 atom stereocenters. The fraction of sp³-hybridized carbons (Fsp3) is 0.520. The van der Waals surface area contributed by atoms with Gasteiger partial charge < -0.3 is 16.4 Å². The molecule has 0 bridgehead atoms. The number of amides is 1. The number of aromatic nitrogens is 4. The van der Waals surface area contributed by atoms with E-state index in [1.54, 1.807) is 6.20 Å². The number of imidazole rings is 1. The summed E-state index contributed by atoms with van der Waals surface area (Å²) in [6.45, 7) is 1.86. The first-order valence-corrected chi connectivity index (χ1v) is 13.3. The fourth-order valence-corrected chi connectivity index (χ4v) is 5.80. The van der Waals surface area contributed by atoms with E-state index in [4.69, 9.17) is 28.9 Å². The van der Waals surface area contributed by atoms with Gasteiger partial charge in [-0.15, -0.1) is 0 Å². The summed E-state index contributed by atoms with van der Waals surface area (Å²) in [7, 11) is 0. The molecule has 2 aliphatic carbocycles. The highest BCUT2D eigenvalue weighted by atomic mass is 35.5. The molecule has 1 aromatic carbocycles. The van der Waals surface area contributed by atoms with E-state index < -0.39 is 17.2 Å². The van der Waals surface area contributed by atoms with Crippen LogP contribution >= 0.6 is 23.2 Å². The molecule has 4 N–H and O–H groups in total. The van der Waals surface area contributed by atoms with Crippen molar-refractivity contribution in [3.63, 3.8) is 0 Å². The summed E-state index contributed by atoms with van der Waals surface area (Å²) in [4.78, 5) is 25.7. The smallest absolute Gasteiger partial charge is 0.248 e. The number of fused-ring (bicyclic) bond motifs is 1. The minimum Gasteiger partial charge on any atom is -0.369 e. The largest absolute Gasteiger partial charge is 0.369 e.